The average Bonchev–Trinajstić information content (AvgIpc) is 2.66. The summed E-state index contributed by atoms with van der Waals surface area (Å²) in [6.45, 7) is 7.92. The molecule has 1 aliphatic heterocycles. The number of piperidine rings is 1. The van der Waals surface area contributed by atoms with Crippen LogP contribution in [0.5, 0.6) is 0 Å². The molecule has 0 bridgehead atoms. The molecule has 2 heterocycles. The Morgan fingerprint density at radius 1 is 1.39 bits per heavy atom. The van der Waals surface area contributed by atoms with Crippen molar-refractivity contribution in [2.24, 2.45) is 17.6 Å². The molecule has 3 N–H and O–H groups in total. The van der Waals surface area contributed by atoms with Gasteiger partial charge in [-0.05, 0) is 42.5 Å². The highest BCUT2D eigenvalue weighted by atomic mass is 16.1. The SMILES string of the molecule is CC(C)[C@@H](N)CC(=O)N[C@@H]1C[C@H](C)CN(c2ccc(C#N)c3ncccc23)C1. The smallest absolute Gasteiger partial charge is 0.221 e. The predicted molar refractivity (Wildman–Crippen MR) is 112 cm³/mol. The van der Waals surface area contributed by atoms with Crippen LogP contribution >= 0.6 is 0 Å². The number of amides is 1. The van der Waals surface area contributed by atoms with Crippen LogP contribution in [0.4, 0.5) is 5.69 Å². The van der Waals surface area contributed by atoms with E-state index in [0.717, 1.165) is 36.1 Å². The molecule has 3 rings (SSSR count). The molecule has 148 valence electrons. The number of hydrogen-bond donors (Lipinski definition) is 2. The topological polar surface area (TPSA) is 95.0 Å². The van der Waals surface area contributed by atoms with Crippen molar-refractivity contribution < 1.29 is 4.79 Å². The molecule has 0 radical (unpaired) electrons. The maximum absolute atomic E-state index is 12.4. The molecular weight excluding hydrogens is 350 g/mol. The first-order valence-corrected chi connectivity index (χ1v) is 9.96. The summed E-state index contributed by atoms with van der Waals surface area (Å²) in [5.41, 5.74) is 8.42. The van der Waals surface area contributed by atoms with Gasteiger partial charge in [-0.3, -0.25) is 9.78 Å². The highest BCUT2D eigenvalue weighted by molar-refractivity contribution is 5.95. The van der Waals surface area contributed by atoms with Crippen molar-refractivity contribution in [2.75, 3.05) is 18.0 Å². The van der Waals surface area contributed by atoms with Crippen molar-refractivity contribution in [2.45, 2.75) is 45.7 Å². The molecule has 0 unspecified atom stereocenters. The van der Waals surface area contributed by atoms with Crippen molar-refractivity contribution in [1.82, 2.24) is 10.3 Å². The number of carbonyl (C=O) groups excluding carboxylic acids is 1. The largest absolute Gasteiger partial charge is 0.369 e. The van der Waals surface area contributed by atoms with E-state index in [-0.39, 0.29) is 23.9 Å². The van der Waals surface area contributed by atoms with Crippen LogP contribution in [0.2, 0.25) is 0 Å². The van der Waals surface area contributed by atoms with E-state index in [1.54, 1.807) is 6.20 Å². The molecule has 2 aromatic rings. The fourth-order valence-corrected chi connectivity index (χ4v) is 3.91. The van der Waals surface area contributed by atoms with Crippen LogP contribution in [0.3, 0.4) is 0 Å². The van der Waals surface area contributed by atoms with Gasteiger partial charge in [-0.1, -0.05) is 20.8 Å². The third-order valence-corrected chi connectivity index (χ3v) is 5.51. The number of nitrogens with one attached hydrogen (secondary N) is 1. The lowest BCUT2D eigenvalue weighted by Gasteiger charge is -2.39. The van der Waals surface area contributed by atoms with Crippen LogP contribution in [-0.4, -0.2) is 36.1 Å². The molecular formula is C22H29N5O. The van der Waals surface area contributed by atoms with E-state index >= 15 is 0 Å². The normalized spacial score (nSPS) is 20.8. The molecule has 28 heavy (non-hydrogen) atoms. The zero-order valence-corrected chi connectivity index (χ0v) is 16.9. The number of aromatic nitrogens is 1. The van der Waals surface area contributed by atoms with Gasteiger partial charge in [-0.15, -0.1) is 0 Å². The number of carbonyl (C=O) groups is 1. The number of anilines is 1. The first-order chi connectivity index (χ1) is 13.4. The summed E-state index contributed by atoms with van der Waals surface area (Å²) in [5, 5.41) is 13.5. The fourth-order valence-electron chi connectivity index (χ4n) is 3.91. The number of hydrogen-bond acceptors (Lipinski definition) is 5. The Morgan fingerprint density at radius 2 is 2.18 bits per heavy atom. The Labute approximate surface area is 166 Å². The second kappa shape index (κ2) is 8.57. The number of rotatable bonds is 5. The summed E-state index contributed by atoms with van der Waals surface area (Å²) in [6.07, 6.45) is 3.02. The number of pyridine rings is 1. The van der Waals surface area contributed by atoms with Crippen LogP contribution in [0.25, 0.3) is 10.9 Å². The van der Waals surface area contributed by atoms with Crippen molar-refractivity contribution in [1.29, 1.82) is 5.26 Å². The van der Waals surface area contributed by atoms with Gasteiger partial charge >= 0.3 is 0 Å². The molecule has 6 nitrogen and oxygen atoms in total. The van der Waals surface area contributed by atoms with E-state index in [4.69, 9.17) is 5.73 Å². The van der Waals surface area contributed by atoms with Gasteiger partial charge < -0.3 is 16.0 Å². The molecule has 1 aromatic heterocycles. The van der Waals surface area contributed by atoms with Crippen molar-refractivity contribution >= 4 is 22.5 Å². The second-order valence-electron chi connectivity index (χ2n) is 8.27. The van der Waals surface area contributed by atoms with E-state index in [0.29, 0.717) is 17.9 Å². The van der Waals surface area contributed by atoms with Crippen molar-refractivity contribution in [3.63, 3.8) is 0 Å². The van der Waals surface area contributed by atoms with Gasteiger partial charge in [0.15, 0.2) is 0 Å². The minimum atomic E-state index is -0.120. The minimum Gasteiger partial charge on any atom is -0.369 e. The molecule has 1 aliphatic rings. The molecule has 0 spiro atoms. The zero-order chi connectivity index (χ0) is 20.3. The predicted octanol–water partition coefficient (Wildman–Crippen LogP) is 2.81. The van der Waals surface area contributed by atoms with Crippen molar-refractivity contribution in [3.8, 4) is 6.07 Å². The Kier molecular flexibility index (Phi) is 6.15. The van der Waals surface area contributed by atoms with E-state index in [9.17, 15) is 10.1 Å². The Morgan fingerprint density at radius 3 is 2.89 bits per heavy atom. The zero-order valence-electron chi connectivity index (χ0n) is 16.9. The highest BCUT2D eigenvalue weighted by Crippen LogP contribution is 2.31. The molecule has 1 amide bonds. The van der Waals surface area contributed by atoms with Gasteiger partial charge in [0, 0.05) is 48.9 Å². The number of nitrogens with two attached hydrogens (primary N) is 1. The van der Waals surface area contributed by atoms with Gasteiger partial charge in [0.1, 0.15) is 6.07 Å². The quantitative estimate of drug-likeness (QED) is 0.833. The molecule has 0 aliphatic carbocycles. The van der Waals surface area contributed by atoms with E-state index in [1.807, 2.05) is 38.1 Å². The number of fused-ring (bicyclic) bond motifs is 1. The molecule has 1 saturated heterocycles. The number of nitrogens with zero attached hydrogens (tertiary/aromatic N) is 3. The Bertz CT molecular complexity index is 888. The summed E-state index contributed by atoms with van der Waals surface area (Å²) < 4.78 is 0. The molecule has 3 atom stereocenters. The van der Waals surface area contributed by atoms with Gasteiger partial charge in [0.2, 0.25) is 5.91 Å². The first-order valence-electron chi connectivity index (χ1n) is 9.96. The third kappa shape index (κ3) is 4.42. The molecule has 6 heteroatoms. The van der Waals surface area contributed by atoms with E-state index in [2.05, 4.69) is 28.2 Å². The number of benzene rings is 1. The second-order valence-corrected chi connectivity index (χ2v) is 8.27. The monoisotopic (exact) mass is 379 g/mol. The van der Waals surface area contributed by atoms with Crippen molar-refractivity contribution in [3.05, 3.63) is 36.0 Å². The first kappa shape index (κ1) is 20.1. The molecule has 1 fully saturated rings. The standard InChI is InChI=1S/C22H29N5O/c1-14(2)19(24)10-21(28)26-17-9-15(3)12-27(13-17)20-7-6-16(11-23)22-18(20)5-4-8-25-22/h4-8,14-15,17,19H,9-10,12-13,24H2,1-3H3,(H,26,28)/t15-,17+,19-/m0/s1. The Hall–Kier alpha value is -2.65. The van der Waals surface area contributed by atoms with E-state index < -0.39 is 0 Å². The van der Waals surface area contributed by atoms with E-state index in [1.165, 1.54) is 0 Å². The van der Waals surface area contributed by atoms with Gasteiger partial charge in [-0.2, -0.15) is 5.26 Å². The Balaban J connectivity index is 1.79. The van der Waals surface area contributed by atoms with Crippen LogP contribution in [-0.2, 0) is 4.79 Å². The fraction of sp³-hybridized carbons (Fsp3) is 0.500. The molecule has 1 aromatic carbocycles. The lowest BCUT2D eigenvalue weighted by molar-refractivity contribution is -0.122. The maximum atomic E-state index is 12.4. The highest BCUT2D eigenvalue weighted by Gasteiger charge is 2.28. The lowest BCUT2D eigenvalue weighted by atomic mass is 9.94. The maximum Gasteiger partial charge on any atom is 0.221 e. The number of nitriles is 1. The van der Waals surface area contributed by atoms with Crippen LogP contribution < -0.4 is 16.0 Å². The average molecular weight is 380 g/mol. The van der Waals surface area contributed by atoms with Crippen LogP contribution in [0, 0.1) is 23.2 Å². The summed E-state index contributed by atoms with van der Waals surface area (Å²) in [6, 6.07) is 9.91. The minimum absolute atomic E-state index is 0.0200. The summed E-state index contributed by atoms with van der Waals surface area (Å²) in [7, 11) is 0. The van der Waals surface area contributed by atoms with Crippen LogP contribution in [0.15, 0.2) is 30.5 Å². The summed E-state index contributed by atoms with van der Waals surface area (Å²) >= 11 is 0. The lowest BCUT2D eigenvalue weighted by Crippen LogP contribution is -2.51. The van der Waals surface area contributed by atoms with Gasteiger partial charge in [0.25, 0.3) is 0 Å². The molecule has 0 saturated carbocycles. The van der Waals surface area contributed by atoms with Crippen LogP contribution in [0.1, 0.15) is 39.2 Å². The summed E-state index contributed by atoms with van der Waals surface area (Å²) in [4.78, 5) is 19.1. The van der Waals surface area contributed by atoms with Gasteiger partial charge in [-0.25, -0.2) is 0 Å². The summed E-state index contributed by atoms with van der Waals surface area (Å²) in [5.74, 6) is 0.747. The van der Waals surface area contributed by atoms with Gasteiger partial charge in [0.05, 0.1) is 11.1 Å². The third-order valence-electron chi connectivity index (χ3n) is 5.51.